The summed E-state index contributed by atoms with van der Waals surface area (Å²) in [6.07, 6.45) is -2.55. The maximum Gasteiger partial charge on any atom is 0.441 e. The van der Waals surface area contributed by atoms with Crippen molar-refractivity contribution in [2.75, 3.05) is 5.88 Å². The van der Waals surface area contributed by atoms with Gasteiger partial charge < -0.3 is 24.9 Å². The highest BCUT2D eigenvalue weighted by atomic mass is 35.5. The van der Waals surface area contributed by atoms with E-state index in [2.05, 4.69) is 11.4 Å². The Kier molecular flexibility index (Phi) is 8.83. The summed E-state index contributed by atoms with van der Waals surface area (Å²) in [7, 11) is 0. The number of halogens is 1. The summed E-state index contributed by atoms with van der Waals surface area (Å²) in [4.78, 5) is 42.1. The van der Waals surface area contributed by atoms with Gasteiger partial charge in [-0.25, -0.2) is 9.59 Å². The smallest absolute Gasteiger partial charge is 0.441 e. The number of ether oxygens (including phenoxy) is 1. The zero-order valence-electron chi connectivity index (χ0n) is 20.5. The minimum Gasteiger partial charge on any atom is -0.441 e. The lowest BCUT2D eigenvalue weighted by Crippen LogP contribution is -2.77. The van der Waals surface area contributed by atoms with Gasteiger partial charge in [0.15, 0.2) is 5.78 Å². The van der Waals surface area contributed by atoms with Crippen LogP contribution >= 0.6 is 11.6 Å². The van der Waals surface area contributed by atoms with Crippen LogP contribution in [0.2, 0.25) is 0 Å². The van der Waals surface area contributed by atoms with Crippen LogP contribution < -0.4 is 5.48 Å². The summed E-state index contributed by atoms with van der Waals surface area (Å²) < 4.78 is 5.42. The maximum absolute atomic E-state index is 13.6. The minimum absolute atomic E-state index is 0.00385. The van der Waals surface area contributed by atoms with Crippen LogP contribution in [0.3, 0.4) is 0 Å². The molecule has 10 heteroatoms. The van der Waals surface area contributed by atoms with Gasteiger partial charge in [-0.05, 0) is 24.2 Å². The predicted molar refractivity (Wildman–Crippen MR) is 125 cm³/mol. The second-order valence-electron chi connectivity index (χ2n) is 10.6. The summed E-state index contributed by atoms with van der Waals surface area (Å²) in [5.41, 5.74) is -2.27. The molecule has 0 saturated heterocycles. The molecule has 8 atom stereocenters. The number of aliphatic hydroxyl groups is 3. The van der Waals surface area contributed by atoms with Gasteiger partial charge in [0.05, 0.1) is 18.6 Å². The summed E-state index contributed by atoms with van der Waals surface area (Å²) in [6.45, 7) is 12.4. The summed E-state index contributed by atoms with van der Waals surface area (Å²) in [5, 5.41) is 34.7. The number of alkyl halides is 1. The van der Waals surface area contributed by atoms with Crippen LogP contribution in [0.1, 0.15) is 60.3 Å². The van der Waals surface area contributed by atoms with Gasteiger partial charge >= 0.3 is 12.1 Å². The molecular weight excluding hydrogens is 466 g/mol. The summed E-state index contributed by atoms with van der Waals surface area (Å²) in [6, 6.07) is 0. The number of hydroxylamine groups is 1. The van der Waals surface area contributed by atoms with Gasteiger partial charge in [0.25, 0.3) is 0 Å². The number of nitrogens with one attached hydrogen (secondary N) is 1. The molecule has 4 N–H and O–H groups in total. The van der Waals surface area contributed by atoms with Crippen molar-refractivity contribution in [2.24, 2.45) is 28.6 Å². The molecular formula is C24H38ClNO8. The Morgan fingerprint density at radius 3 is 2.44 bits per heavy atom. The Hall–Kier alpha value is -1.68. The van der Waals surface area contributed by atoms with E-state index < -0.39 is 64.4 Å². The third-order valence-electron chi connectivity index (χ3n) is 8.02. The Bertz CT molecular complexity index is 804. The fourth-order valence-electron chi connectivity index (χ4n) is 6.14. The number of allylic oxidation sites excluding steroid dienone is 1. The number of fused-ring (bicyclic) bond motifs is 1. The second-order valence-corrected chi connectivity index (χ2v) is 11.0. The van der Waals surface area contributed by atoms with Crippen LogP contribution in [0, 0.1) is 28.6 Å². The molecule has 2 rings (SSSR count). The first-order valence-electron chi connectivity index (χ1n) is 11.6. The van der Waals surface area contributed by atoms with Crippen LogP contribution in [0.4, 0.5) is 4.79 Å². The molecule has 194 valence electrons. The fourth-order valence-corrected chi connectivity index (χ4v) is 6.29. The minimum atomic E-state index is -2.12. The van der Waals surface area contributed by atoms with Crippen molar-refractivity contribution in [2.45, 2.75) is 84.2 Å². The molecule has 0 aromatic carbocycles. The van der Waals surface area contributed by atoms with Crippen molar-refractivity contribution in [3.63, 3.8) is 0 Å². The Morgan fingerprint density at radius 1 is 1.26 bits per heavy atom. The van der Waals surface area contributed by atoms with Crippen LogP contribution in [0.25, 0.3) is 0 Å². The molecule has 2 aliphatic rings. The Balaban J connectivity index is 2.48. The van der Waals surface area contributed by atoms with Crippen molar-refractivity contribution in [3.8, 4) is 0 Å². The van der Waals surface area contributed by atoms with Gasteiger partial charge in [0.2, 0.25) is 0 Å². The van der Waals surface area contributed by atoms with E-state index >= 15 is 0 Å². The van der Waals surface area contributed by atoms with E-state index in [-0.39, 0.29) is 24.6 Å². The molecule has 2 fully saturated rings. The van der Waals surface area contributed by atoms with Gasteiger partial charge in [-0.1, -0.05) is 40.7 Å². The zero-order valence-corrected chi connectivity index (χ0v) is 21.3. The normalized spacial score (nSPS) is 37.6. The third-order valence-corrected chi connectivity index (χ3v) is 8.21. The highest BCUT2D eigenvalue weighted by Crippen LogP contribution is 2.63. The molecule has 34 heavy (non-hydrogen) atoms. The van der Waals surface area contributed by atoms with Gasteiger partial charge in [-0.3, -0.25) is 4.79 Å². The van der Waals surface area contributed by atoms with Gasteiger partial charge in [-0.15, -0.1) is 23.7 Å². The Morgan fingerprint density at radius 2 is 1.88 bits per heavy atom. The molecule has 0 spiro atoms. The van der Waals surface area contributed by atoms with Crippen molar-refractivity contribution in [3.05, 3.63) is 12.7 Å². The number of carbonyl (C=O) groups is 3. The van der Waals surface area contributed by atoms with Crippen molar-refractivity contribution < 1.29 is 39.3 Å². The number of rotatable bonds is 7. The monoisotopic (exact) mass is 503 g/mol. The van der Waals surface area contributed by atoms with E-state index in [1.54, 1.807) is 19.9 Å². The van der Waals surface area contributed by atoms with E-state index in [0.717, 1.165) is 0 Å². The predicted octanol–water partition coefficient (Wildman–Crippen LogP) is 2.49. The first-order valence-corrected chi connectivity index (χ1v) is 12.2. The molecule has 0 heterocycles. The fraction of sp³-hybridized carbons (Fsp3) is 0.792. The molecule has 9 nitrogen and oxygen atoms in total. The van der Waals surface area contributed by atoms with Crippen molar-refractivity contribution >= 4 is 29.4 Å². The van der Waals surface area contributed by atoms with Crippen LogP contribution in [0.15, 0.2) is 12.7 Å². The quantitative estimate of drug-likeness (QED) is 0.236. The molecule has 0 unspecified atom stereocenters. The Labute approximate surface area is 205 Å². The molecule has 2 aliphatic carbocycles. The van der Waals surface area contributed by atoms with Gasteiger partial charge in [0.1, 0.15) is 11.7 Å². The van der Waals surface area contributed by atoms with Crippen molar-refractivity contribution in [1.82, 2.24) is 5.48 Å². The number of hydrogen-bond donors (Lipinski definition) is 4. The number of amides is 1. The van der Waals surface area contributed by atoms with Gasteiger partial charge in [-0.2, -0.15) is 0 Å². The number of Topliss-reactive ketones (excluding diaryl/α,β-unsaturated/α-hetero) is 1. The molecule has 0 aromatic heterocycles. The van der Waals surface area contributed by atoms with E-state index in [1.807, 2.05) is 19.3 Å². The largest absolute Gasteiger partial charge is 0.441 e. The third kappa shape index (κ3) is 4.85. The number of carbonyl (C=O) groups excluding carboxylic acids is 3. The second kappa shape index (κ2) is 10.5. The highest BCUT2D eigenvalue weighted by Gasteiger charge is 2.73. The van der Waals surface area contributed by atoms with E-state index in [9.17, 15) is 29.7 Å². The lowest BCUT2D eigenvalue weighted by Gasteiger charge is -2.66. The molecule has 2 saturated carbocycles. The topological polar surface area (TPSA) is 142 Å². The molecule has 0 radical (unpaired) electrons. The zero-order chi connectivity index (χ0) is 26.1. The SMILES string of the molecule is C=C[C@@H](C)CC(=O)[C@]1(O)[C@@H](C)[C@H](OC(=O)NOC(=O)CCCl)[C@H](O)[C@H]2C(C)(C)CC[C@@H](O)[C@@]21C. The standard InChI is InChI=1S/C24H38ClNO8/c1-7-13(2)12-16(28)24(32)14(3)19(33-21(31)26-34-17(29)9-11-25)18(30)20-22(4,5)10-8-15(27)23(20,24)6/h7,13-15,18-20,27,30,32H,1,8-12H2,2-6H3,(H,26,31)/t13-,14+,15-,18+,19+,20+,23+,24-/m1/s1. The first-order chi connectivity index (χ1) is 15.7. The summed E-state index contributed by atoms with van der Waals surface area (Å²) in [5.74, 6) is -3.41. The average molecular weight is 504 g/mol. The van der Waals surface area contributed by atoms with Crippen LogP contribution in [-0.4, -0.2) is 63.0 Å². The lowest BCUT2D eigenvalue weighted by molar-refractivity contribution is -0.291. The lowest BCUT2D eigenvalue weighted by atomic mass is 9.41. The van der Waals surface area contributed by atoms with Gasteiger partial charge in [0, 0.05) is 29.6 Å². The van der Waals surface area contributed by atoms with E-state index in [0.29, 0.717) is 12.8 Å². The number of aliphatic hydroxyl groups excluding tert-OH is 2. The highest BCUT2D eigenvalue weighted by molar-refractivity contribution is 6.18. The molecule has 0 aromatic rings. The van der Waals surface area contributed by atoms with Crippen LogP contribution in [0.5, 0.6) is 0 Å². The average Bonchev–Trinajstić information content (AvgIpc) is 2.76. The number of hydrogen-bond acceptors (Lipinski definition) is 8. The van der Waals surface area contributed by atoms with E-state index in [4.69, 9.17) is 16.3 Å². The molecule has 1 amide bonds. The summed E-state index contributed by atoms with van der Waals surface area (Å²) >= 11 is 5.47. The number of ketones is 1. The molecule has 0 bridgehead atoms. The maximum atomic E-state index is 13.6. The first kappa shape index (κ1) is 28.6. The van der Waals surface area contributed by atoms with Crippen LogP contribution in [-0.2, 0) is 19.2 Å². The molecule has 0 aliphatic heterocycles. The van der Waals surface area contributed by atoms with Crippen molar-refractivity contribution in [1.29, 1.82) is 0 Å². The van der Waals surface area contributed by atoms with E-state index in [1.165, 1.54) is 6.92 Å².